The Morgan fingerprint density at radius 1 is 0.773 bits per heavy atom. The summed E-state index contributed by atoms with van der Waals surface area (Å²) in [7, 11) is 0. The quantitative estimate of drug-likeness (QED) is 0.548. The van der Waals surface area contributed by atoms with E-state index in [1.807, 2.05) is 18.2 Å². The first kappa shape index (κ1) is 14.5. The number of hydrogen-bond donors (Lipinski definition) is 0. The van der Waals surface area contributed by atoms with Crippen molar-refractivity contribution in [2.24, 2.45) is 0 Å². The van der Waals surface area contributed by atoms with E-state index in [2.05, 4.69) is 44.2 Å². The van der Waals surface area contributed by atoms with Gasteiger partial charge in [-0.3, -0.25) is 0 Å². The van der Waals surface area contributed by atoms with Crippen molar-refractivity contribution in [3.05, 3.63) is 84.2 Å². The molecule has 3 aromatic carbocycles. The maximum absolute atomic E-state index is 13.1. The zero-order chi connectivity index (χ0) is 15.5. The maximum Gasteiger partial charge on any atom is 0.123 e. The Bertz CT molecular complexity index is 756. The third-order valence-electron chi connectivity index (χ3n) is 3.77. The van der Waals surface area contributed by atoms with E-state index in [0.29, 0.717) is 5.92 Å². The Morgan fingerprint density at radius 2 is 1.45 bits per heavy atom. The maximum atomic E-state index is 13.1. The monoisotopic (exact) mass is 289 g/mol. The average molecular weight is 289 g/mol. The molecule has 0 unspecified atom stereocenters. The van der Waals surface area contributed by atoms with Crippen LogP contribution in [-0.4, -0.2) is 0 Å². The molecular formula is C21H18F. The zero-order valence-corrected chi connectivity index (χ0v) is 12.8. The van der Waals surface area contributed by atoms with Gasteiger partial charge in [0.2, 0.25) is 0 Å². The molecule has 3 aromatic rings. The zero-order valence-electron chi connectivity index (χ0n) is 12.8. The molecule has 0 saturated carbocycles. The highest BCUT2D eigenvalue weighted by Gasteiger charge is 2.08. The van der Waals surface area contributed by atoms with Crippen LogP contribution in [0.1, 0.15) is 25.3 Å². The van der Waals surface area contributed by atoms with Crippen molar-refractivity contribution in [1.29, 1.82) is 0 Å². The lowest BCUT2D eigenvalue weighted by Gasteiger charge is -2.12. The van der Waals surface area contributed by atoms with Gasteiger partial charge in [0.15, 0.2) is 0 Å². The molecule has 0 atom stereocenters. The summed E-state index contributed by atoms with van der Waals surface area (Å²) < 4.78 is 13.1. The molecule has 0 aromatic heterocycles. The van der Waals surface area contributed by atoms with Crippen LogP contribution in [0.5, 0.6) is 0 Å². The van der Waals surface area contributed by atoms with Crippen molar-refractivity contribution in [1.82, 2.24) is 0 Å². The second-order valence-electron chi connectivity index (χ2n) is 5.77. The van der Waals surface area contributed by atoms with Crippen molar-refractivity contribution >= 4 is 0 Å². The highest BCUT2D eigenvalue weighted by molar-refractivity contribution is 5.73. The van der Waals surface area contributed by atoms with Crippen LogP contribution in [-0.2, 0) is 0 Å². The minimum atomic E-state index is -0.216. The van der Waals surface area contributed by atoms with Crippen molar-refractivity contribution in [3.8, 4) is 22.3 Å². The molecule has 0 spiro atoms. The van der Waals surface area contributed by atoms with Crippen LogP contribution >= 0.6 is 0 Å². The molecule has 0 fully saturated rings. The van der Waals surface area contributed by atoms with Gasteiger partial charge in [0.25, 0.3) is 0 Å². The molecule has 0 bridgehead atoms. The lowest BCUT2D eigenvalue weighted by molar-refractivity contribution is 0.628. The van der Waals surface area contributed by atoms with Crippen LogP contribution in [0.3, 0.4) is 0 Å². The van der Waals surface area contributed by atoms with Gasteiger partial charge in [-0.1, -0.05) is 62.4 Å². The van der Waals surface area contributed by atoms with Crippen molar-refractivity contribution in [2.75, 3.05) is 0 Å². The summed E-state index contributed by atoms with van der Waals surface area (Å²) in [6.45, 7) is 4.32. The molecule has 0 heterocycles. The van der Waals surface area contributed by atoms with Crippen LogP contribution in [0.4, 0.5) is 4.39 Å². The van der Waals surface area contributed by atoms with Crippen molar-refractivity contribution in [3.63, 3.8) is 0 Å². The molecule has 0 aliphatic rings. The first-order valence-corrected chi connectivity index (χ1v) is 7.52. The Morgan fingerprint density at radius 3 is 2.09 bits per heavy atom. The average Bonchev–Trinajstić information content (AvgIpc) is 2.56. The minimum Gasteiger partial charge on any atom is -0.207 e. The molecule has 22 heavy (non-hydrogen) atoms. The largest absolute Gasteiger partial charge is 0.207 e. The van der Waals surface area contributed by atoms with Crippen molar-refractivity contribution < 1.29 is 4.39 Å². The van der Waals surface area contributed by atoms with E-state index in [-0.39, 0.29) is 5.82 Å². The van der Waals surface area contributed by atoms with Gasteiger partial charge in [0.05, 0.1) is 0 Å². The van der Waals surface area contributed by atoms with E-state index in [0.717, 1.165) is 11.1 Å². The molecule has 0 saturated heterocycles. The Hall–Kier alpha value is -2.41. The smallest absolute Gasteiger partial charge is 0.123 e. The van der Waals surface area contributed by atoms with E-state index in [4.69, 9.17) is 0 Å². The molecule has 1 radical (unpaired) electrons. The normalized spacial score (nSPS) is 10.9. The Kier molecular flexibility index (Phi) is 4.06. The van der Waals surface area contributed by atoms with Gasteiger partial charge in [0, 0.05) is 0 Å². The van der Waals surface area contributed by atoms with Crippen LogP contribution in [0.2, 0.25) is 0 Å². The topological polar surface area (TPSA) is 0 Å². The Balaban J connectivity index is 2.14. The van der Waals surface area contributed by atoms with E-state index in [9.17, 15) is 4.39 Å². The van der Waals surface area contributed by atoms with Crippen molar-refractivity contribution in [2.45, 2.75) is 19.8 Å². The SMILES string of the molecule is CC(C)c1[c]c(-c2ccc(F)cc2)cc(-c2ccccc2)c1. The van der Waals surface area contributed by atoms with E-state index < -0.39 is 0 Å². The highest BCUT2D eigenvalue weighted by atomic mass is 19.1. The van der Waals surface area contributed by atoms with Crippen LogP contribution < -0.4 is 0 Å². The fraction of sp³-hybridized carbons (Fsp3) is 0.143. The summed E-state index contributed by atoms with van der Waals surface area (Å²) in [5, 5.41) is 0. The molecule has 0 N–H and O–H groups in total. The third-order valence-corrected chi connectivity index (χ3v) is 3.77. The molecule has 3 rings (SSSR count). The van der Waals surface area contributed by atoms with Gasteiger partial charge in [-0.05, 0) is 58.0 Å². The number of halogens is 1. The predicted octanol–water partition coefficient (Wildman–Crippen LogP) is 6.08. The molecule has 0 aliphatic heterocycles. The summed E-state index contributed by atoms with van der Waals surface area (Å²) in [6.07, 6.45) is 0. The van der Waals surface area contributed by atoms with Crippen LogP contribution in [0, 0.1) is 11.9 Å². The van der Waals surface area contributed by atoms with E-state index in [1.54, 1.807) is 12.1 Å². The van der Waals surface area contributed by atoms with Crippen LogP contribution in [0.25, 0.3) is 22.3 Å². The van der Waals surface area contributed by atoms with Gasteiger partial charge in [-0.2, -0.15) is 0 Å². The third kappa shape index (κ3) is 3.09. The standard InChI is InChI=1S/C21H18F/c1-15(2)18-12-19(16-6-4-3-5-7-16)14-20(13-18)17-8-10-21(22)11-9-17/h3-12,14-15H,1-2H3. The number of benzene rings is 3. The second kappa shape index (κ2) is 6.15. The molecule has 0 amide bonds. The first-order valence-electron chi connectivity index (χ1n) is 7.52. The molecule has 1 heteroatoms. The molecule has 0 aliphatic carbocycles. The molecule has 109 valence electrons. The molecule has 0 nitrogen and oxygen atoms in total. The number of hydrogen-bond acceptors (Lipinski definition) is 0. The summed E-state index contributed by atoms with van der Waals surface area (Å²) in [5.74, 6) is 0.176. The Labute approximate surface area is 131 Å². The summed E-state index contributed by atoms with van der Waals surface area (Å²) in [6, 6.07) is 24.7. The fourth-order valence-electron chi connectivity index (χ4n) is 2.49. The summed E-state index contributed by atoms with van der Waals surface area (Å²) in [4.78, 5) is 0. The summed E-state index contributed by atoms with van der Waals surface area (Å²) >= 11 is 0. The predicted molar refractivity (Wildman–Crippen MR) is 90.2 cm³/mol. The van der Waals surface area contributed by atoms with Gasteiger partial charge >= 0.3 is 0 Å². The lowest BCUT2D eigenvalue weighted by Crippen LogP contribution is -1.92. The highest BCUT2D eigenvalue weighted by Crippen LogP contribution is 2.30. The second-order valence-corrected chi connectivity index (χ2v) is 5.77. The first-order chi connectivity index (χ1) is 10.6. The number of rotatable bonds is 3. The van der Waals surface area contributed by atoms with E-state index >= 15 is 0 Å². The van der Waals surface area contributed by atoms with E-state index in [1.165, 1.54) is 28.8 Å². The van der Waals surface area contributed by atoms with Crippen LogP contribution in [0.15, 0.2) is 66.7 Å². The van der Waals surface area contributed by atoms with Gasteiger partial charge in [-0.25, -0.2) is 4.39 Å². The minimum absolute atomic E-state index is 0.216. The lowest BCUT2D eigenvalue weighted by atomic mass is 9.92. The van der Waals surface area contributed by atoms with Gasteiger partial charge < -0.3 is 0 Å². The van der Waals surface area contributed by atoms with Gasteiger partial charge in [0.1, 0.15) is 5.82 Å². The molecular weight excluding hydrogens is 271 g/mol. The fourth-order valence-corrected chi connectivity index (χ4v) is 2.49. The summed E-state index contributed by atoms with van der Waals surface area (Å²) in [5.41, 5.74) is 5.51. The van der Waals surface area contributed by atoms with Gasteiger partial charge in [-0.15, -0.1) is 0 Å².